The van der Waals surface area contributed by atoms with Gasteiger partial charge in [0.1, 0.15) is 0 Å². The lowest BCUT2D eigenvalue weighted by atomic mass is 9.92. The summed E-state index contributed by atoms with van der Waals surface area (Å²) in [6.07, 6.45) is 17.8. The van der Waals surface area contributed by atoms with Crippen molar-refractivity contribution in [1.82, 2.24) is 0 Å². The molecule has 1 radical (unpaired) electrons. The van der Waals surface area contributed by atoms with E-state index in [0.717, 1.165) is 5.92 Å². The Morgan fingerprint density at radius 3 is 2.00 bits per heavy atom. The molecule has 83 valence electrons. The summed E-state index contributed by atoms with van der Waals surface area (Å²) < 4.78 is 0. The molecule has 0 aromatic heterocycles. The molecule has 0 aromatic carbocycles. The second-order valence-corrected chi connectivity index (χ2v) is 5.88. The highest BCUT2D eigenvalue weighted by atomic mass is 31.1. The highest BCUT2D eigenvalue weighted by molar-refractivity contribution is 7.47. The van der Waals surface area contributed by atoms with Crippen LogP contribution in [0.4, 0.5) is 0 Å². The van der Waals surface area contributed by atoms with Gasteiger partial charge in [-0.25, -0.2) is 0 Å². The Kier molecular flexibility index (Phi) is 4.93. The van der Waals surface area contributed by atoms with Gasteiger partial charge < -0.3 is 0 Å². The quantitative estimate of drug-likeness (QED) is 0.514. The number of allylic oxidation sites excluding steroid dienone is 3. The van der Waals surface area contributed by atoms with Gasteiger partial charge in [-0.15, -0.1) is 0 Å². The third-order valence-electron chi connectivity index (χ3n) is 3.60. The van der Waals surface area contributed by atoms with Crippen molar-refractivity contribution >= 4 is 8.58 Å². The molecule has 1 fully saturated rings. The van der Waals surface area contributed by atoms with Crippen LogP contribution in [0.2, 0.25) is 0 Å². The summed E-state index contributed by atoms with van der Waals surface area (Å²) in [5, 5.41) is 1.69. The monoisotopic (exact) mass is 221 g/mol. The highest BCUT2D eigenvalue weighted by Crippen LogP contribution is 2.41. The van der Waals surface area contributed by atoms with Crippen LogP contribution in [0, 0.1) is 5.92 Å². The van der Waals surface area contributed by atoms with E-state index in [0.29, 0.717) is 0 Å². The lowest BCUT2D eigenvalue weighted by Gasteiger charge is -2.19. The van der Waals surface area contributed by atoms with Crippen LogP contribution in [0.1, 0.15) is 57.8 Å². The summed E-state index contributed by atoms with van der Waals surface area (Å²) in [7, 11) is 1.48. The van der Waals surface area contributed by atoms with Crippen molar-refractivity contribution in [1.29, 1.82) is 0 Å². The Bertz CT molecular complexity index is 230. The summed E-state index contributed by atoms with van der Waals surface area (Å²) >= 11 is 0. The summed E-state index contributed by atoms with van der Waals surface area (Å²) in [5.41, 5.74) is 0. The maximum atomic E-state index is 2.36. The average molecular weight is 221 g/mol. The topological polar surface area (TPSA) is 0 Å². The fourth-order valence-corrected chi connectivity index (χ4v) is 3.65. The minimum absolute atomic E-state index is 0.903. The summed E-state index contributed by atoms with van der Waals surface area (Å²) in [6.45, 7) is 0. The lowest BCUT2D eigenvalue weighted by Crippen LogP contribution is -2.02. The van der Waals surface area contributed by atoms with Crippen molar-refractivity contribution in [3.8, 4) is 0 Å². The van der Waals surface area contributed by atoms with Crippen molar-refractivity contribution in [3.63, 3.8) is 0 Å². The number of hydrogen-bond acceptors (Lipinski definition) is 0. The standard InChI is InChI=1S/C14H22P/c1-2-4-6-9-13(10-7-5-3-1)14-11-8-12-15-14/h8,11-13H,1-7,9-10H2. The summed E-state index contributed by atoms with van der Waals surface area (Å²) in [4.78, 5) is 0. The fraction of sp³-hybridized carbons (Fsp3) is 0.714. The third kappa shape index (κ3) is 3.76. The number of rotatable bonds is 1. The van der Waals surface area contributed by atoms with Gasteiger partial charge in [0.25, 0.3) is 0 Å². The highest BCUT2D eigenvalue weighted by Gasteiger charge is 2.15. The molecule has 1 saturated carbocycles. The average Bonchev–Trinajstić information content (AvgIpc) is 2.79. The molecular weight excluding hydrogens is 199 g/mol. The second-order valence-electron chi connectivity index (χ2n) is 4.81. The van der Waals surface area contributed by atoms with Gasteiger partial charge in [0, 0.05) is 0 Å². The maximum Gasteiger partial charge on any atom is -0.0151 e. The largest absolute Gasteiger partial charge is 0.0608 e. The van der Waals surface area contributed by atoms with Crippen molar-refractivity contribution in [3.05, 3.63) is 23.3 Å². The molecular formula is C14H22P. The van der Waals surface area contributed by atoms with E-state index < -0.39 is 0 Å². The van der Waals surface area contributed by atoms with E-state index in [2.05, 4.69) is 18.0 Å². The van der Waals surface area contributed by atoms with Crippen LogP contribution in [0.5, 0.6) is 0 Å². The van der Waals surface area contributed by atoms with E-state index in [-0.39, 0.29) is 0 Å². The molecule has 1 heteroatoms. The zero-order chi connectivity index (χ0) is 10.3. The minimum atomic E-state index is 0.903. The van der Waals surface area contributed by atoms with Crippen molar-refractivity contribution in [2.24, 2.45) is 5.92 Å². The van der Waals surface area contributed by atoms with Gasteiger partial charge in [-0.05, 0) is 32.7 Å². The zero-order valence-corrected chi connectivity index (χ0v) is 10.5. The van der Waals surface area contributed by atoms with Crippen LogP contribution in [0.25, 0.3) is 0 Å². The first-order chi connectivity index (χ1) is 7.47. The Balaban J connectivity index is 1.84. The van der Waals surface area contributed by atoms with Crippen LogP contribution >= 0.6 is 8.58 Å². The molecule has 0 nitrogen and oxygen atoms in total. The SMILES string of the molecule is C1=C[P]C(C2CCCCCCCCC2)=C1. The molecule has 0 N–H and O–H groups in total. The second kappa shape index (κ2) is 6.48. The molecule has 0 amide bonds. The van der Waals surface area contributed by atoms with E-state index in [1.807, 2.05) is 0 Å². The van der Waals surface area contributed by atoms with Crippen molar-refractivity contribution < 1.29 is 0 Å². The van der Waals surface area contributed by atoms with Crippen LogP contribution in [-0.4, -0.2) is 0 Å². The molecule has 1 aliphatic heterocycles. The van der Waals surface area contributed by atoms with Gasteiger partial charge >= 0.3 is 0 Å². The Morgan fingerprint density at radius 1 is 0.867 bits per heavy atom. The smallest absolute Gasteiger partial charge is 0.0151 e. The molecule has 0 unspecified atom stereocenters. The maximum absolute atomic E-state index is 2.36. The van der Waals surface area contributed by atoms with E-state index in [1.54, 1.807) is 5.31 Å². The Morgan fingerprint density at radius 2 is 1.47 bits per heavy atom. The van der Waals surface area contributed by atoms with Gasteiger partial charge in [-0.1, -0.05) is 62.9 Å². The first kappa shape index (κ1) is 11.4. The predicted molar refractivity (Wildman–Crippen MR) is 69.2 cm³/mol. The van der Waals surface area contributed by atoms with Crippen LogP contribution in [0.15, 0.2) is 23.3 Å². The van der Waals surface area contributed by atoms with E-state index >= 15 is 0 Å². The molecule has 2 rings (SSSR count). The molecule has 2 aliphatic rings. The molecule has 1 heterocycles. The summed E-state index contributed by atoms with van der Waals surface area (Å²) in [6, 6.07) is 0. The first-order valence-corrected chi connectivity index (χ1v) is 7.51. The Hall–Kier alpha value is -0.0900. The van der Waals surface area contributed by atoms with Crippen LogP contribution in [0.3, 0.4) is 0 Å². The van der Waals surface area contributed by atoms with Crippen molar-refractivity contribution in [2.45, 2.75) is 57.8 Å². The molecule has 0 atom stereocenters. The minimum Gasteiger partial charge on any atom is -0.0608 e. The van der Waals surface area contributed by atoms with Crippen molar-refractivity contribution in [2.75, 3.05) is 0 Å². The van der Waals surface area contributed by atoms with Crippen LogP contribution < -0.4 is 0 Å². The molecule has 0 aromatic rings. The summed E-state index contributed by atoms with van der Waals surface area (Å²) in [5.74, 6) is 3.19. The van der Waals surface area contributed by atoms with E-state index in [9.17, 15) is 0 Å². The Labute approximate surface area is 96.0 Å². The van der Waals surface area contributed by atoms with E-state index in [4.69, 9.17) is 0 Å². The zero-order valence-electron chi connectivity index (χ0n) is 9.62. The molecule has 1 aliphatic carbocycles. The first-order valence-electron chi connectivity index (χ1n) is 6.54. The van der Waals surface area contributed by atoms with Gasteiger partial charge in [0.15, 0.2) is 0 Å². The molecule has 0 spiro atoms. The fourth-order valence-electron chi connectivity index (χ4n) is 2.66. The third-order valence-corrected chi connectivity index (χ3v) is 4.73. The number of hydrogen-bond donors (Lipinski definition) is 0. The molecule has 0 saturated heterocycles. The molecule has 0 bridgehead atoms. The van der Waals surface area contributed by atoms with Gasteiger partial charge in [-0.2, -0.15) is 0 Å². The van der Waals surface area contributed by atoms with Crippen LogP contribution in [-0.2, 0) is 0 Å². The normalized spacial score (nSPS) is 26.8. The van der Waals surface area contributed by atoms with Gasteiger partial charge in [0.2, 0.25) is 0 Å². The van der Waals surface area contributed by atoms with E-state index in [1.165, 1.54) is 66.4 Å². The van der Waals surface area contributed by atoms with Gasteiger partial charge in [0.05, 0.1) is 0 Å². The molecule has 15 heavy (non-hydrogen) atoms. The lowest BCUT2D eigenvalue weighted by molar-refractivity contribution is 0.440. The van der Waals surface area contributed by atoms with Gasteiger partial charge in [-0.3, -0.25) is 0 Å². The predicted octanol–water partition coefficient (Wildman–Crippen LogP) is 5.48.